The molecule has 28 heavy (non-hydrogen) atoms. The zero-order valence-corrected chi connectivity index (χ0v) is 17.8. The average molecular weight is 404 g/mol. The Balaban J connectivity index is 1.84. The monoisotopic (exact) mass is 403 g/mol. The highest BCUT2D eigenvalue weighted by Crippen LogP contribution is 2.33. The van der Waals surface area contributed by atoms with Gasteiger partial charge in [0.2, 0.25) is 0 Å². The lowest BCUT2D eigenvalue weighted by molar-refractivity contribution is 0.0523. The summed E-state index contributed by atoms with van der Waals surface area (Å²) in [6, 6.07) is 6.31. The molecular formula is C21H29N3O3S. The molecule has 1 aliphatic heterocycles. The number of aliphatic hydroxyl groups is 1. The third kappa shape index (κ3) is 5.23. The van der Waals surface area contributed by atoms with Crippen LogP contribution in [0.2, 0.25) is 0 Å². The second-order valence-electron chi connectivity index (χ2n) is 8.18. The minimum Gasteiger partial charge on any atom is -0.444 e. The van der Waals surface area contributed by atoms with Gasteiger partial charge in [0.05, 0.1) is 22.2 Å². The lowest BCUT2D eigenvalue weighted by Gasteiger charge is -2.33. The standard InChI is InChI=1S/C21H29N3O3S/c1-14-19(28-13-23-14)15-5-6-16(12-22-20(26)27-21(2,3)4)18(11-15)24-9-7-17(25)8-10-24/h5-6,11,13,17,25H,7-10,12H2,1-4H3,(H,22,26). The first-order valence-corrected chi connectivity index (χ1v) is 10.5. The van der Waals surface area contributed by atoms with Crippen LogP contribution in [-0.2, 0) is 11.3 Å². The fraction of sp³-hybridized carbons (Fsp3) is 0.524. The van der Waals surface area contributed by atoms with E-state index in [0.29, 0.717) is 6.54 Å². The number of hydrogen-bond acceptors (Lipinski definition) is 6. The number of rotatable bonds is 4. The molecule has 0 unspecified atom stereocenters. The van der Waals surface area contributed by atoms with Crippen LogP contribution in [0, 0.1) is 6.92 Å². The van der Waals surface area contributed by atoms with Gasteiger partial charge in [0, 0.05) is 25.3 Å². The molecule has 2 aromatic rings. The SMILES string of the molecule is Cc1ncsc1-c1ccc(CNC(=O)OC(C)(C)C)c(N2CCC(O)CC2)c1. The second kappa shape index (κ2) is 8.49. The summed E-state index contributed by atoms with van der Waals surface area (Å²) in [5.74, 6) is 0. The first kappa shape index (κ1) is 20.6. The third-order valence-electron chi connectivity index (χ3n) is 4.72. The van der Waals surface area contributed by atoms with Crippen LogP contribution in [0.15, 0.2) is 23.7 Å². The van der Waals surface area contributed by atoms with Gasteiger partial charge in [-0.25, -0.2) is 9.78 Å². The molecule has 0 spiro atoms. The maximum Gasteiger partial charge on any atom is 0.407 e. The Bertz CT molecular complexity index is 821. The summed E-state index contributed by atoms with van der Waals surface area (Å²) >= 11 is 1.63. The molecule has 0 atom stereocenters. The molecule has 6 nitrogen and oxygen atoms in total. The van der Waals surface area contributed by atoms with E-state index in [1.165, 1.54) is 0 Å². The summed E-state index contributed by atoms with van der Waals surface area (Å²) in [5, 5.41) is 12.7. The smallest absolute Gasteiger partial charge is 0.407 e. The summed E-state index contributed by atoms with van der Waals surface area (Å²) < 4.78 is 5.35. The number of anilines is 1. The molecule has 1 aromatic heterocycles. The molecule has 1 aliphatic rings. The number of thiazole rings is 1. The van der Waals surface area contributed by atoms with Crippen LogP contribution in [0.25, 0.3) is 10.4 Å². The second-order valence-corrected chi connectivity index (χ2v) is 9.04. The topological polar surface area (TPSA) is 74.7 Å². The van der Waals surface area contributed by atoms with Crippen molar-refractivity contribution >= 4 is 23.1 Å². The summed E-state index contributed by atoms with van der Waals surface area (Å²) in [5.41, 5.74) is 5.61. The van der Waals surface area contributed by atoms with Crippen LogP contribution in [-0.4, -0.2) is 41.0 Å². The predicted octanol–water partition coefficient (Wildman–Crippen LogP) is 4.10. The highest BCUT2D eigenvalue weighted by atomic mass is 32.1. The van der Waals surface area contributed by atoms with Crippen molar-refractivity contribution in [3.05, 3.63) is 35.0 Å². The Kier molecular flexibility index (Phi) is 6.25. The number of ether oxygens (including phenoxy) is 1. The molecule has 3 rings (SSSR count). The van der Waals surface area contributed by atoms with Gasteiger partial charge in [-0.05, 0) is 57.7 Å². The van der Waals surface area contributed by atoms with E-state index in [4.69, 9.17) is 4.74 Å². The van der Waals surface area contributed by atoms with Gasteiger partial charge in [0.25, 0.3) is 0 Å². The minimum absolute atomic E-state index is 0.230. The van der Waals surface area contributed by atoms with E-state index in [1.54, 1.807) is 11.3 Å². The zero-order chi connectivity index (χ0) is 20.3. The van der Waals surface area contributed by atoms with E-state index in [9.17, 15) is 9.90 Å². The van der Waals surface area contributed by atoms with Gasteiger partial charge in [-0.1, -0.05) is 12.1 Å². The highest BCUT2D eigenvalue weighted by Gasteiger charge is 2.21. The Morgan fingerprint density at radius 1 is 1.36 bits per heavy atom. The van der Waals surface area contributed by atoms with Crippen LogP contribution >= 0.6 is 11.3 Å². The van der Waals surface area contributed by atoms with Crippen LogP contribution in [0.5, 0.6) is 0 Å². The number of benzene rings is 1. The van der Waals surface area contributed by atoms with E-state index in [0.717, 1.165) is 53.3 Å². The van der Waals surface area contributed by atoms with Crippen molar-refractivity contribution in [1.29, 1.82) is 0 Å². The van der Waals surface area contributed by atoms with Crippen molar-refractivity contribution in [3.8, 4) is 10.4 Å². The molecule has 0 aliphatic carbocycles. The number of nitrogens with one attached hydrogen (secondary N) is 1. The van der Waals surface area contributed by atoms with Gasteiger partial charge in [0.1, 0.15) is 5.60 Å². The van der Waals surface area contributed by atoms with Crippen molar-refractivity contribution < 1.29 is 14.6 Å². The largest absolute Gasteiger partial charge is 0.444 e. The number of carbonyl (C=O) groups is 1. The molecule has 7 heteroatoms. The molecule has 1 amide bonds. The van der Waals surface area contributed by atoms with E-state index >= 15 is 0 Å². The fourth-order valence-electron chi connectivity index (χ4n) is 3.32. The van der Waals surface area contributed by atoms with Gasteiger partial charge in [-0.2, -0.15) is 0 Å². The predicted molar refractivity (Wildman–Crippen MR) is 113 cm³/mol. The molecule has 152 valence electrons. The minimum atomic E-state index is -0.524. The highest BCUT2D eigenvalue weighted by molar-refractivity contribution is 7.13. The number of aryl methyl sites for hydroxylation is 1. The maximum atomic E-state index is 12.1. The Morgan fingerprint density at radius 2 is 2.07 bits per heavy atom. The fourth-order valence-corrected chi connectivity index (χ4v) is 4.12. The Labute approximate surface area is 170 Å². The first-order chi connectivity index (χ1) is 13.2. The normalized spacial score (nSPS) is 15.5. The molecule has 1 aromatic carbocycles. The van der Waals surface area contributed by atoms with E-state index < -0.39 is 11.7 Å². The number of aliphatic hydroxyl groups excluding tert-OH is 1. The quantitative estimate of drug-likeness (QED) is 0.804. The van der Waals surface area contributed by atoms with Crippen LogP contribution in [0.4, 0.5) is 10.5 Å². The van der Waals surface area contributed by atoms with Crippen molar-refractivity contribution in [2.75, 3.05) is 18.0 Å². The van der Waals surface area contributed by atoms with Crippen LogP contribution in [0.3, 0.4) is 0 Å². The average Bonchev–Trinajstić information content (AvgIpc) is 3.05. The number of alkyl carbamates (subject to hydrolysis) is 1. The van der Waals surface area contributed by atoms with Crippen molar-refractivity contribution in [2.45, 2.75) is 58.8 Å². The Hall–Kier alpha value is -2.12. The molecule has 0 saturated carbocycles. The van der Waals surface area contributed by atoms with Gasteiger partial charge >= 0.3 is 6.09 Å². The zero-order valence-electron chi connectivity index (χ0n) is 17.0. The lowest BCUT2D eigenvalue weighted by Crippen LogP contribution is -2.37. The number of aromatic nitrogens is 1. The number of hydrogen-bond donors (Lipinski definition) is 2. The molecule has 1 fully saturated rings. The van der Waals surface area contributed by atoms with Crippen molar-refractivity contribution in [1.82, 2.24) is 10.3 Å². The maximum absolute atomic E-state index is 12.1. The lowest BCUT2D eigenvalue weighted by atomic mass is 10.0. The molecule has 2 heterocycles. The third-order valence-corrected chi connectivity index (χ3v) is 5.70. The number of carbonyl (C=O) groups excluding carboxylic acids is 1. The van der Waals surface area contributed by atoms with Crippen LogP contribution in [0.1, 0.15) is 44.9 Å². The van der Waals surface area contributed by atoms with E-state index in [2.05, 4.69) is 33.4 Å². The summed E-state index contributed by atoms with van der Waals surface area (Å²) in [6.07, 6.45) is 0.854. The van der Waals surface area contributed by atoms with Gasteiger partial charge < -0.3 is 20.1 Å². The summed E-state index contributed by atoms with van der Waals surface area (Å²) in [6.45, 7) is 9.55. The van der Waals surface area contributed by atoms with Crippen molar-refractivity contribution in [3.63, 3.8) is 0 Å². The van der Waals surface area contributed by atoms with Gasteiger partial charge in [-0.15, -0.1) is 11.3 Å². The molecule has 0 bridgehead atoms. The van der Waals surface area contributed by atoms with E-state index in [-0.39, 0.29) is 6.10 Å². The van der Waals surface area contributed by atoms with Crippen LogP contribution < -0.4 is 10.2 Å². The molecular weight excluding hydrogens is 374 g/mol. The van der Waals surface area contributed by atoms with Crippen molar-refractivity contribution in [2.24, 2.45) is 0 Å². The number of nitrogens with zero attached hydrogens (tertiary/aromatic N) is 2. The first-order valence-electron chi connectivity index (χ1n) is 9.66. The molecule has 0 radical (unpaired) electrons. The molecule has 1 saturated heterocycles. The summed E-state index contributed by atoms with van der Waals surface area (Å²) in [4.78, 5) is 19.9. The summed E-state index contributed by atoms with van der Waals surface area (Å²) in [7, 11) is 0. The van der Waals surface area contributed by atoms with Gasteiger partial charge in [-0.3, -0.25) is 0 Å². The van der Waals surface area contributed by atoms with E-state index in [1.807, 2.05) is 33.2 Å². The number of piperidine rings is 1. The van der Waals surface area contributed by atoms with Gasteiger partial charge in [0.15, 0.2) is 0 Å². The Morgan fingerprint density at radius 3 is 2.68 bits per heavy atom. The molecule has 2 N–H and O–H groups in total. The number of amides is 1.